The van der Waals surface area contributed by atoms with E-state index < -0.39 is 0 Å². The predicted molar refractivity (Wildman–Crippen MR) is 78.0 cm³/mol. The number of hydrogen-bond donors (Lipinski definition) is 0. The largest absolute Gasteiger partial charge is 0.309 e. The summed E-state index contributed by atoms with van der Waals surface area (Å²) in [4.78, 5) is 28.0. The van der Waals surface area contributed by atoms with Crippen molar-refractivity contribution in [2.24, 2.45) is 4.99 Å². The SMILES string of the molecule is CCN(C(=O)c1cccc(N=C=O)c1)c1ccccc1. The molecule has 0 aliphatic rings. The van der Waals surface area contributed by atoms with Gasteiger partial charge in [-0.2, -0.15) is 4.99 Å². The number of hydrogen-bond acceptors (Lipinski definition) is 3. The number of carbonyl (C=O) groups is 1. The number of isocyanates is 1. The molecule has 0 spiro atoms. The van der Waals surface area contributed by atoms with E-state index in [1.807, 2.05) is 37.3 Å². The Morgan fingerprint density at radius 2 is 1.90 bits per heavy atom. The van der Waals surface area contributed by atoms with Crippen molar-refractivity contribution in [2.45, 2.75) is 6.92 Å². The van der Waals surface area contributed by atoms with Crippen LogP contribution in [0.3, 0.4) is 0 Å². The van der Waals surface area contributed by atoms with Gasteiger partial charge in [0.05, 0.1) is 5.69 Å². The fourth-order valence-corrected chi connectivity index (χ4v) is 1.97. The molecule has 4 nitrogen and oxygen atoms in total. The third kappa shape index (κ3) is 2.99. The summed E-state index contributed by atoms with van der Waals surface area (Å²) in [7, 11) is 0. The second kappa shape index (κ2) is 6.45. The molecule has 100 valence electrons. The summed E-state index contributed by atoms with van der Waals surface area (Å²) < 4.78 is 0. The van der Waals surface area contributed by atoms with Crippen molar-refractivity contribution in [1.29, 1.82) is 0 Å². The minimum absolute atomic E-state index is 0.123. The van der Waals surface area contributed by atoms with E-state index in [1.165, 1.54) is 6.08 Å². The van der Waals surface area contributed by atoms with E-state index in [2.05, 4.69) is 4.99 Å². The molecule has 0 saturated carbocycles. The van der Waals surface area contributed by atoms with E-state index in [-0.39, 0.29) is 5.91 Å². The summed E-state index contributed by atoms with van der Waals surface area (Å²) in [6.07, 6.45) is 1.48. The third-order valence-corrected chi connectivity index (χ3v) is 2.90. The molecule has 0 saturated heterocycles. The topological polar surface area (TPSA) is 49.7 Å². The van der Waals surface area contributed by atoms with Crippen molar-refractivity contribution in [3.63, 3.8) is 0 Å². The van der Waals surface area contributed by atoms with Crippen LogP contribution < -0.4 is 4.90 Å². The molecular weight excluding hydrogens is 252 g/mol. The molecule has 1 amide bonds. The number of nitrogens with zero attached hydrogens (tertiary/aromatic N) is 2. The molecule has 20 heavy (non-hydrogen) atoms. The first-order chi connectivity index (χ1) is 9.76. The van der Waals surface area contributed by atoms with Gasteiger partial charge < -0.3 is 4.90 Å². The van der Waals surface area contributed by atoms with E-state index in [0.717, 1.165) is 5.69 Å². The molecule has 0 aliphatic carbocycles. The standard InChI is InChI=1S/C16H14N2O2/c1-2-18(15-9-4-3-5-10-15)16(20)13-7-6-8-14(11-13)17-12-19/h3-11H,2H2,1H3. The summed E-state index contributed by atoms with van der Waals surface area (Å²) in [6.45, 7) is 2.47. The van der Waals surface area contributed by atoms with Crippen LogP contribution in [0, 0.1) is 0 Å². The first-order valence-corrected chi connectivity index (χ1v) is 6.31. The number of anilines is 1. The fourth-order valence-electron chi connectivity index (χ4n) is 1.97. The normalized spacial score (nSPS) is 9.65. The van der Waals surface area contributed by atoms with Crippen molar-refractivity contribution >= 4 is 23.4 Å². The molecule has 2 rings (SSSR count). The Morgan fingerprint density at radius 3 is 2.55 bits per heavy atom. The molecule has 0 atom stereocenters. The average molecular weight is 266 g/mol. The third-order valence-electron chi connectivity index (χ3n) is 2.90. The average Bonchev–Trinajstić information content (AvgIpc) is 2.50. The van der Waals surface area contributed by atoms with Gasteiger partial charge in [0, 0.05) is 17.8 Å². The maximum Gasteiger partial charge on any atom is 0.258 e. The number of amides is 1. The van der Waals surface area contributed by atoms with Crippen LogP contribution in [0.1, 0.15) is 17.3 Å². The van der Waals surface area contributed by atoms with Gasteiger partial charge in [0.1, 0.15) is 0 Å². The zero-order valence-corrected chi connectivity index (χ0v) is 11.1. The molecule has 0 heterocycles. The number of carbonyl (C=O) groups excluding carboxylic acids is 2. The summed E-state index contributed by atoms with van der Waals surface area (Å²) in [5, 5.41) is 0. The monoisotopic (exact) mass is 266 g/mol. The molecule has 0 N–H and O–H groups in total. The van der Waals surface area contributed by atoms with Gasteiger partial charge in [-0.05, 0) is 37.3 Å². The van der Waals surface area contributed by atoms with Crippen LogP contribution in [0.15, 0.2) is 59.6 Å². The predicted octanol–water partition coefficient (Wildman–Crippen LogP) is 3.32. The Bertz CT molecular complexity index is 647. The van der Waals surface area contributed by atoms with Gasteiger partial charge in [0.25, 0.3) is 5.91 Å². The molecule has 0 unspecified atom stereocenters. The van der Waals surface area contributed by atoms with Crippen molar-refractivity contribution in [1.82, 2.24) is 0 Å². The minimum Gasteiger partial charge on any atom is -0.309 e. The summed E-state index contributed by atoms with van der Waals surface area (Å²) in [5.74, 6) is -0.123. The highest BCUT2D eigenvalue weighted by molar-refractivity contribution is 6.06. The van der Waals surface area contributed by atoms with Gasteiger partial charge >= 0.3 is 0 Å². The number of benzene rings is 2. The minimum atomic E-state index is -0.123. The molecule has 0 aromatic heterocycles. The highest BCUT2D eigenvalue weighted by atomic mass is 16.2. The molecule has 0 fully saturated rings. The molecule has 4 heteroatoms. The van der Waals surface area contributed by atoms with E-state index in [0.29, 0.717) is 17.8 Å². The summed E-state index contributed by atoms with van der Waals surface area (Å²) in [5.41, 5.74) is 1.76. The zero-order valence-electron chi connectivity index (χ0n) is 11.1. The highest BCUT2D eigenvalue weighted by Crippen LogP contribution is 2.19. The number of para-hydroxylation sites is 1. The van der Waals surface area contributed by atoms with Gasteiger partial charge in [-0.25, -0.2) is 4.79 Å². The van der Waals surface area contributed by atoms with Crippen LogP contribution >= 0.6 is 0 Å². The van der Waals surface area contributed by atoms with Gasteiger partial charge in [-0.1, -0.05) is 24.3 Å². The second-order valence-electron chi connectivity index (χ2n) is 4.14. The van der Waals surface area contributed by atoms with Crippen molar-refractivity contribution in [3.8, 4) is 0 Å². The summed E-state index contributed by atoms with van der Waals surface area (Å²) in [6, 6.07) is 16.1. The maximum atomic E-state index is 12.5. The molecule has 0 radical (unpaired) electrons. The number of rotatable bonds is 4. The molecule has 0 aliphatic heterocycles. The molecule has 2 aromatic rings. The van der Waals surface area contributed by atoms with Crippen LogP contribution in [-0.4, -0.2) is 18.5 Å². The molecule has 2 aromatic carbocycles. The Kier molecular flexibility index (Phi) is 4.43. The van der Waals surface area contributed by atoms with Crippen molar-refractivity contribution in [2.75, 3.05) is 11.4 Å². The van der Waals surface area contributed by atoms with E-state index in [9.17, 15) is 9.59 Å². The summed E-state index contributed by atoms with van der Waals surface area (Å²) >= 11 is 0. The quantitative estimate of drug-likeness (QED) is 0.629. The zero-order chi connectivity index (χ0) is 14.4. The Labute approximate surface area is 117 Å². The van der Waals surface area contributed by atoms with E-state index >= 15 is 0 Å². The lowest BCUT2D eigenvalue weighted by molar-refractivity contribution is 0.0988. The smallest absolute Gasteiger partial charge is 0.258 e. The van der Waals surface area contributed by atoms with Crippen LogP contribution in [0.4, 0.5) is 11.4 Å². The van der Waals surface area contributed by atoms with E-state index in [4.69, 9.17) is 0 Å². The van der Waals surface area contributed by atoms with Crippen LogP contribution in [0.25, 0.3) is 0 Å². The Balaban J connectivity index is 2.34. The second-order valence-corrected chi connectivity index (χ2v) is 4.14. The lowest BCUT2D eigenvalue weighted by atomic mass is 10.1. The van der Waals surface area contributed by atoms with Crippen molar-refractivity contribution in [3.05, 3.63) is 60.2 Å². The van der Waals surface area contributed by atoms with Crippen LogP contribution in [0.2, 0.25) is 0 Å². The molecule has 0 bridgehead atoms. The van der Waals surface area contributed by atoms with Gasteiger partial charge in [-0.3, -0.25) is 4.79 Å². The van der Waals surface area contributed by atoms with Gasteiger partial charge in [0.2, 0.25) is 6.08 Å². The van der Waals surface area contributed by atoms with Crippen LogP contribution in [0.5, 0.6) is 0 Å². The first kappa shape index (κ1) is 13.7. The first-order valence-electron chi connectivity index (χ1n) is 6.31. The lowest BCUT2D eigenvalue weighted by Gasteiger charge is -2.21. The van der Waals surface area contributed by atoms with Crippen LogP contribution in [-0.2, 0) is 4.79 Å². The Morgan fingerprint density at radius 1 is 1.15 bits per heavy atom. The fraction of sp³-hybridized carbons (Fsp3) is 0.125. The van der Waals surface area contributed by atoms with E-state index in [1.54, 1.807) is 29.2 Å². The number of aliphatic imine (C=N–C) groups is 1. The Hall–Kier alpha value is -2.71. The molecular formula is C16H14N2O2. The highest BCUT2D eigenvalue weighted by Gasteiger charge is 2.15. The lowest BCUT2D eigenvalue weighted by Crippen LogP contribution is -2.30. The van der Waals surface area contributed by atoms with Gasteiger partial charge in [0.15, 0.2) is 0 Å². The van der Waals surface area contributed by atoms with Gasteiger partial charge in [-0.15, -0.1) is 0 Å². The van der Waals surface area contributed by atoms with Crippen molar-refractivity contribution < 1.29 is 9.59 Å². The maximum absolute atomic E-state index is 12.5.